The van der Waals surface area contributed by atoms with Crippen LogP contribution in [0.5, 0.6) is 0 Å². The summed E-state index contributed by atoms with van der Waals surface area (Å²) >= 11 is 3.27. The molecule has 1 atom stereocenters. The van der Waals surface area contributed by atoms with E-state index >= 15 is 0 Å². The zero-order valence-electron chi connectivity index (χ0n) is 13.2. The van der Waals surface area contributed by atoms with Gasteiger partial charge in [-0.1, -0.05) is 0 Å². The number of rotatable bonds is 2. The molecule has 0 spiro atoms. The second-order valence-electron chi connectivity index (χ2n) is 6.19. The largest absolute Gasteiger partial charge is 0.444 e. The van der Waals surface area contributed by atoms with Crippen LogP contribution < -0.4 is 5.84 Å². The molecule has 7 heteroatoms. The number of likely N-dealkylation sites (tertiary alicyclic amines) is 1. The Balaban J connectivity index is 2.60. The van der Waals surface area contributed by atoms with Crippen molar-refractivity contribution in [3.8, 4) is 0 Å². The number of aliphatic imine (C=N–C) groups is 1. The SMILES string of the molecule is CC(=NC1CCCN(C(=O)OC(C)(C)C)CC1)C(Br)=NN. The fraction of sp³-hybridized carbons (Fsp3) is 0.786. The van der Waals surface area contributed by atoms with Gasteiger partial charge in [0, 0.05) is 13.1 Å². The molecule has 1 amide bonds. The van der Waals surface area contributed by atoms with E-state index in [0.717, 1.165) is 25.0 Å². The summed E-state index contributed by atoms with van der Waals surface area (Å²) in [5.41, 5.74) is 0.327. The van der Waals surface area contributed by atoms with Crippen LogP contribution in [0.4, 0.5) is 4.79 Å². The molecule has 1 heterocycles. The molecule has 1 unspecified atom stereocenters. The topological polar surface area (TPSA) is 80.3 Å². The normalized spacial score (nSPS) is 22.0. The fourth-order valence-electron chi connectivity index (χ4n) is 2.14. The standard InChI is InChI=1S/C14H25BrN4O2/c1-10(12(15)18-16)17-11-6-5-8-19(9-7-11)13(20)21-14(2,3)4/h11H,5-9,16H2,1-4H3. The van der Waals surface area contributed by atoms with Crippen molar-refractivity contribution < 1.29 is 9.53 Å². The van der Waals surface area contributed by atoms with Crippen LogP contribution >= 0.6 is 15.9 Å². The van der Waals surface area contributed by atoms with Crippen LogP contribution in [0.3, 0.4) is 0 Å². The second kappa shape index (κ2) is 7.77. The van der Waals surface area contributed by atoms with E-state index in [1.165, 1.54) is 0 Å². The van der Waals surface area contributed by atoms with Gasteiger partial charge in [-0.05, 0) is 62.9 Å². The highest BCUT2D eigenvalue weighted by Gasteiger charge is 2.25. The first kappa shape index (κ1) is 17.9. The minimum absolute atomic E-state index is 0.187. The molecule has 0 aromatic carbocycles. The molecule has 0 aliphatic carbocycles. The van der Waals surface area contributed by atoms with Gasteiger partial charge in [0.05, 0.1) is 11.8 Å². The van der Waals surface area contributed by atoms with Crippen LogP contribution in [0, 0.1) is 0 Å². The van der Waals surface area contributed by atoms with Crippen molar-refractivity contribution >= 4 is 32.4 Å². The third-order valence-corrected chi connectivity index (χ3v) is 3.92. The monoisotopic (exact) mass is 360 g/mol. The molecular formula is C14H25BrN4O2. The average Bonchev–Trinajstić information content (AvgIpc) is 2.61. The van der Waals surface area contributed by atoms with Gasteiger partial charge in [0.15, 0.2) is 0 Å². The number of carbonyl (C=O) groups is 1. The van der Waals surface area contributed by atoms with Crippen molar-refractivity contribution in [1.82, 2.24) is 4.90 Å². The lowest BCUT2D eigenvalue weighted by atomic mass is 10.1. The van der Waals surface area contributed by atoms with E-state index in [9.17, 15) is 4.79 Å². The number of hydrogen-bond donors (Lipinski definition) is 1. The Hall–Kier alpha value is -1.11. The van der Waals surface area contributed by atoms with Gasteiger partial charge in [-0.2, -0.15) is 5.10 Å². The van der Waals surface area contributed by atoms with Gasteiger partial charge in [-0.25, -0.2) is 4.79 Å². The summed E-state index contributed by atoms with van der Waals surface area (Å²) in [5.74, 6) is 5.22. The first-order valence-corrected chi connectivity index (χ1v) is 7.98. The Bertz CT molecular complexity index is 429. The van der Waals surface area contributed by atoms with Crippen molar-refractivity contribution in [2.24, 2.45) is 15.9 Å². The van der Waals surface area contributed by atoms with Crippen molar-refractivity contribution in [3.63, 3.8) is 0 Å². The van der Waals surface area contributed by atoms with Gasteiger partial charge in [-0.3, -0.25) is 4.99 Å². The number of ether oxygens (including phenoxy) is 1. The predicted octanol–water partition coefficient (Wildman–Crippen LogP) is 2.90. The Morgan fingerprint density at radius 3 is 2.57 bits per heavy atom. The highest BCUT2D eigenvalue weighted by atomic mass is 79.9. The minimum Gasteiger partial charge on any atom is -0.444 e. The molecule has 21 heavy (non-hydrogen) atoms. The third kappa shape index (κ3) is 6.46. The number of nitrogens with two attached hydrogens (primary N) is 1. The van der Waals surface area contributed by atoms with E-state index in [1.807, 2.05) is 27.7 Å². The summed E-state index contributed by atoms with van der Waals surface area (Å²) in [6, 6.07) is 0.187. The van der Waals surface area contributed by atoms with Gasteiger partial charge in [-0.15, -0.1) is 0 Å². The predicted molar refractivity (Wildman–Crippen MR) is 89.1 cm³/mol. The Labute approximate surface area is 134 Å². The quantitative estimate of drug-likeness (QED) is 0.467. The molecule has 2 N–H and O–H groups in total. The molecule has 0 aromatic rings. The lowest BCUT2D eigenvalue weighted by Gasteiger charge is -2.26. The molecule has 1 aliphatic heterocycles. The zero-order chi connectivity index (χ0) is 16.0. The maximum absolute atomic E-state index is 12.1. The summed E-state index contributed by atoms with van der Waals surface area (Å²) in [7, 11) is 0. The van der Waals surface area contributed by atoms with Crippen LogP contribution in [-0.2, 0) is 4.74 Å². The van der Waals surface area contributed by atoms with Gasteiger partial charge < -0.3 is 15.5 Å². The Morgan fingerprint density at radius 1 is 1.33 bits per heavy atom. The molecule has 0 saturated carbocycles. The van der Waals surface area contributed by atoms with E-state index in [-0.39, 0.29) is 12.1 Å². The highest BCUT2D eigenvalue weighted by Crippen LogP contribution is 2.17. The number of amides is 1. The number of hydrazone groups is 1. The Morgan fingerprint density at radius 2 is 2.00 bits per heavy atom. The average molecular weight is 361 g/mol. The van der Waals surface area contributed by atoms with Gasteiger partial charge in [0.1, 0.15) is 10.2 Å². The molecule has 0 aromatic heterocycles. The first-order valence-electron chi connectivity index (χ1n) is 7.19. The van der Waals surface area contributed by atoms with Crippen molar-refractivity contribution in [2.45, 2.75) is 58.6 Å². The Kier molecular flexibility index (Phi) is 6.64. The zero-order valence-corrected chi connectivity index (χ0v) is 14.8. The number of nitrogens with zero attached hydrogens (tertiary/aromatic N) is 3. The summed E-state index contributed by atoms with van der Waals surface area (Å²) in [5, 5.41) is 3.58. The van der Waals surface area contributed by atoms with Crippen LogP contribution in [0.25, 0.3) is 0 Å². The summed E-state index contributed by atoms with van der Waals surface area (Å²) < 4.78 is 5.98. The van der Waals surface area contributed by atoms with Gasteiger partial charge in [0.25, 0.3) is 0 Å². The van der Waals surface area contributed by atoms with Crippen LogP contribution in [0.1, 0.15) is 47.0 Å². The van der Waals surface area contributed by atoms with E-state index < -0.39 is 5.60 Å². The summed E-state index contributed by atoms with van der Waals surface area (Å²) in [6.07, 6.45) is 2.44. The lowest BCUT2D eigenvalue weighted by Crippen LogP contribution is -2.37. The smallest absolute Gasteiger partial charge is 0.410 e. The first-order chi connectivity index (χ1) is 9.73. The maximum atomic E-state index is 12.1. The minimum atomic E-state index is -0.458. The van der Waals surface area contributed by atoms with Crippen LogP contribution in [-0.4, -0.2) is 46.1 Å². The molecule has 1 rings (SSSR count). The van der Waals surface area contributed by atoms with Gasteiger partial charge in [0.2, 0.25) is 0 Å². The second-order valence-corrected chi connectivity index (χ2v) is 6.94. The molecule has 120 valence electrons. The fourth-order valence-corrected chi connectivity index (χ4v) is 2.24. The van der Waals surface area contributed by atoms with E-state index in [0.29, 0.717) is 17.7 Å². The maximum Gasteiger partial charge on any atom is 0.410 e. The molecule has 0 bridgehead atoms. The van der Waals surface area contributed by atoms with E-state index in [1.54, 1.807) is 4.90 Å². The van der Waals surface area contributed by atoms with Crippen LogP contribution in [0.15, 0.2) is 10.1 Å². The van der Waals surface area contributed by atoms with Crippen molar-refractivity contribution in [1.29, 1.82) is 0 Å². The van der Waals surface area contributed by atoms with Gasteiger partial charge >= 0.3 is 6.09 Å². The molecule has 1 fully saturated rings. The lowest BCUT2D eigenvalue weighted by molar-refractivity contribution is 0.0256. The van der Waals surface area contributed by atoms with E-state index in [4.69, 9.17) is 10.6 Å². The third-order valence-electron chi connectivity index (χ3n) is 3.14. The van der Waals surface area contributed by atoms with E-state index in [2.05, 4.69) is 26.0 Å². The molecular weight excluding hydrogens is 336 g/mol. The molecule has 1 saturated heterocycles. The highest BCUT2D eigenvalue weighted by molar-refractivity contribution is 9.19. The van der Waals surface area contributed by atoms with Crippen molar-refractivity contribution in [2.75, 3.05) is 13.1 Å². The van der Waals surface area contributed by atoms with Crippen LogP contribution in [0.2, 0.25) is 0 Å². The number of halogens is 1. The summed E-state index contributed by atoms with van der Waals surface area (Å²) in [6.45, 7) is 8.88. The molecule has 1 aliphatic rings. The molecule has 0 radical (unpaired) electrons. The van der Waals surface area contributed by atoms with Crippen molar-refractivity contribution in [3.05, 3.63) is 0 Å². The summed E-state index contributed by atoms with van der Waals surface area (Å²) in [4.78, 5) is 18.5. The number of carbonyl (C=O) groups excluding carboxylic acids is 1. The number of hydrogen-bond acceptors (Lipinski definition) is 5. The molecule has 6 nitrogen and oxygen atoms in total.